The van der Waals surface area contributed by atoms with E-state index in [2.05, 4.69) is 30.6 Å². The van der Waals surface area contributed by atoms with Gasteiger partial charge in [-0.15, -0.1) is 6.58 Å². The molecule has 0 aliphatic rings. The van der Waals surface area contributed by atoms with E-state index in [1.54, 1.807) is 12.1 Å². The minimum Gasteiger partial charge on any atom is -0.372 e. The number of hydrogen-bond acceptors (Lipinski definition) is 4. The van der Waals surface area contributed by atoms with Gasteiger partial charge in [-0.1, -0.05) is 6.08 Å². The standard InChI is InChI=1S/C15H22N2O3S/c1-4-11-21(19,20)12-15(18)16-13-7-9-14(10-8-13)17(5-2)6-3/h4,7-10H,1,5-6,11-12H2,2-3H3,(H,16,18). The van der Waals surface area contributed by atoms with Crippen LogP contribution in [-0.4, -0.2) is 38.9 Å². The summed E-state index contributed by atoms with van der Waals surface area (Å²) in [7, 11) is -3.42. The maximum Gasteiger partial charge on any atom is 0.239 e. The van der Waals surface area contributed by atoms with Gasteiger partial charge in [0, 0.05) is 24.5 Å². The molecule has 21 heavy (non-hydrogen) atoms. The minimum absolute atomic E-state index is 0.193. The Morgan fingerprint density at radius 2 is 1.81 bits per heavy atom. The van der Waals surface area contributed by atoms with Gasteiger partial charge in [0.15, 0.2) is 9.84 Å². The maximum atomic E-state index is 11.7. The smallest absolute Gasteiger partial charge is 0.239 e. The Morgan fingerprint density at radius 1 is 1.24 bits per heavy atom. The molecule has 0 atom stereocenters. The van der Waals surface area contributed by atoms with Crippen LogP contribution in [0.3, 0.4) is 0 Å². The summed E-state index contributed by atoms with van der Waals surface area (Å²) in [4.78, 5) is 13.9. The van der Waals surface area contributed by atoms with Crippen molar-refractivity contribution in [2.24, 2.45) is 0 Å². The fourth-order valence-corrected chi connectivity index (χ4v) is 2.93. The van der Waals surface area contributed by atoms with Gasteiger partial charge in [0.1, 0.15) is 5.75 Å². The van der Waals surface area contributed by atoms with Gasteiger partial charge < -0.3 is 10.2 Å². The van der Waals surface area contributed by atoms with Gasteiger partial charge in [-0.2, -0.15) is 0 Å². The summed E-state index contributed by atoms with van der Waals surface area (Å²) < 4.78 is 23.0. The Morgan fingerprint density at radius 3 is 2.29 bits per heavy atom. The van der Waals surface area contributed by atoms with Crippen molar-refractivity contribution in [2.45, 2.75) is 13.8 Å². The normalized spacial score (nSPS) is 11.0. The molecule has 1 aromatic rings. The highest BCUT2D eigenvalue weighted by Gasteiger charge is 2.15. The SMILES string of the molecule is C=CCS(=O)(=O)CC(=O)Nc1ccc(N(CC)CC)cc1. The van der Waals surface area contributed by atoms with Gasteiger partial charge >= 0.3 is 0 Å². The van der Waals surface area contributed by atoms with Crippen LogP contribution in [0, 0.1) is 0 Å². The van der Waals surface area contributed by atoms with E-state index >= 15 is 0 Å². The van der Waals surface area contributed by atoms with Crippen LogP contribution in [0.15, 0.2) is 36.9 Å². The van der Waals surface area contributed by atoms with Gasteiger partial charge in [0.25, 0.3) is 0 Å². The zero-order valence-electron chi connectivity index (χ0n) is 12.5. The molecule has 0 saturated heterocycles. The third-order valence-electron chi connectivity index (χ3n) is 3.00. The average molecular weight is 310 g/mol. The molecule has 0 bridgehead atoms. The molecule has 5 nitrogen and oxygen atoms in total. The number of sulfone groups is 1. The van der Waals surface area contributed by atoms with Crippen LogP contribution < -0.4 is 10.2 Å². The highest BCUT2D eigenvalue weighted by molar-refractivity contribution is 7.92. The number of amides is 1. The van der Waals surface area contributed by atoms with E-state index < -0.39 is 21.5 Å². The first-order chi connectivity index (χ1) is 9.91. The predicted octanol–water partition coefficient (Wildman–Crippen LogP) is 2.07. The molecule has 0 aliphatic carbocycles. The number of carbonyl (C=O) groups excluding carboxylic acids is 1. The minimum atomic E-state index is -3.42. The topological polar surface area (TPSA) is 66.5 Å². The molecule has 0 heterocycles. The lowest BCUT2D eigenvalue weighted by Gasteiger charge is -2.21. The van der Waals surface area contributed by atoms with Crippen LogP contribution in [0.5, 0.6) is 0 Å². The summed E-state index contributed by atoms with van der Waals surface area (Å²) in [5, 5.41) is 2.59. The molecule has 1 amide bonds. The molecular formula is C15H22N2O3S. The Kier molecular flexibility index (Phi) is 6.42. The Labute approximate surface area is 126 Å². The van der Waals surface area contributed by atoms with E-state index in [0.29, 0.717) is 5.69 Å². The number of nitrogens with one attached hydrogen (secondary N) is 1. The zero-order chi connectivity index (χ0) is 15.9. The lowest BCUT2D eigenvalue weighted by molar-refractivity contribution is -0.113. The lowest BCUT2D eigenvalue weighted by atomic mass is 10.2. The first kappa shape index (κ1) is 17.2. The summed E-state index contributed by atoms with van der Waals surface area (Å²) >= 11 is 0. The molecule has 1 aromatic carbocycles. The number of anilines is 2. The average Bonchev–Trinajstić information content (AvgIpc) is 2.41. The van der Waals surface area contributed by atoms with Crippen molar-refractivity contribution >= 4 is 27.1 Å². The number of rotatable bonds is 8. The molecule has 1 rings (SSSR count). The van der Waals surface area contributed by atoms with Crippen molar-refractivity contribution in [1.82, 2.24) is 0 Å². The highest BCUT2D eigenvalue weighted by atomic mass is 32.2. The third kappa shape index (κ3) is 5.59. The Balaban J connectivity index is 2.67. The lowest BCUT2D eigenvalue weighted by Crippen LogP contribution is -2.24. The molecule has 0 saturated carbocycles. The van der Waals surface area contributed by atoms with Crippen LogP contribution in [0.1, 0.15) is 13.8 Å². The molecule has 6 heteroatoms. The molecule has 0 aromatic heterocycles. The molecule has 0 radical (unpaired) electrons. The molecule has 0 aliphatic heterocycles. The predicted molar refractivity (Wildman–Crippen MR) is 87.5 cm³/mol. The van der Waals surface area contributed by atoms with Crippen LogP contribution in [0.4, 0.5) is 11.4 Å². The summed E-state index contributed by atoms with van der Waals surface area (Å²) in [6, 6.07) is 7.35. The summed E-state index contributed by atoms with van der Waals surface area (Å²) in [6.45, 7) is 9.32. The van der Waals surface area contributed by atoms with Gasteiger partial charge in [0.2, 0.25) is 5.91 Å². The summed E-state index contributed by atoms with van der Waals surface area (Å²) in [5.41, 5.74) is 1.65. The molecule has 116 valence electrons. The quantitative estimate of drug-likeness (QED) is 0.747. The number of hydrogen-bond donors (Lipinski definition) is 1. The fourth-order valence-electron chi connectivity index (χ4n) is 1.98. The molecule has 0 spiro atoms. The van der Waals surface area contributed by atoms with Crippen molar-refractivity contribution in [3.8, 4) is 0 Å². The van der Waals surface area contributed by atoms with Crippen molar-refractivity contribution < 1.29 is 13.2 Å². The van der Waals surface area contributed by atoms with Crippen LogP contribution in [0.25, 0.3) is 0 Å². The maximum absolute atomic E-state index is 11.7. The Hall–Kier alpha value is -1.82. The van der Waals surface area contributed by atoms with Crippen LogP contribution in [0.2, 0.25) is 0 Å². The van der Waals surface area contributed by atoms with Gasteiger partial charge in [-0.25, -0.2) is 8.42 Å². The van der Waals surface area contributed by atoms with Crippen molar-refractivity contribution in [3.63, 3.8) is 0 Å². The largest absolute Gasteiger partial charge is 0.372 e. The second-order valence-corrected chi connectivity index (χ2v) is 6.72. The van der Waals surface area contributed by atoms with Crippen LogP contribution in [-0.2, 0) is 14.6 Å². The van der Waals surface area contributed by atoms with E-state index in [0.717, 1.165) is 18.8 Å². The van der Waals surface area contributed by atoms with E-state index in [1.165, 1.54) is 6.08 Å². The summed E-state index contributed by atoms with van der Waals surface area (Å²) in [6.07, 6.45) is 1.28. The molecular weight excluding hydrogens is 288 g/mol. The molecule has 1 N–H and O–H groups in total. The zero-order valence-corrected chi connectivity index (χ0v) is 13.3. The van der Waals surface area contributed by atoms with E-state index in [4.69, 9.17) is 0 Å². The second kappa shape index (κ2) is 7.83. The fraction of sp³-hybridized carbons (Fsp3) is 0.400. The van der Waals surface area contributed by atoms with E-state index in [9.17, 15) is 13.2 Å². The number of benzene rings is 1. The van der Waals surface area contributed by atoms with Gasteiger partial charge in [0.05, 0.1) is 5.75 Å². The first-order valence-electron chi connectivity index (χ1n) is 6.88. The molecule has 0 unspecified atom stereocenters. The van der Waals surface area contributed by atoms with Crippen LogP contribution >= 0.6 is 0 Å². The van der Waals surface area contributed by atoms with Crippen molar-refractivity contribution in [3.05, 3.63) is 36.9 Å². The number of nitrogens with zero attached hydrogens (tertiary/aromatic N) is 1. The molecule has 0 fully saturated rings. The Bertz CT molecular complexity index is 575. The van der Waals surface area contributed by atoms with Gasteiger partial charge in [-0.05, 0) is 38.1 Å². The first-order valence-corrected chi connectivity index (χ1v) is 8.70. The monoisotopic (exact) mass is 310 g/mol. The third-order valence-corrected chi connectivity index (χ3v) is 4.45. The van der Waals surface area contributed by atoms with E-state index in [1.807, 2.05) is 12.1 Å². The summed E-state index contributed by atoms with van der Waals surface area (Å²) in [5.74, 6) is -1.26. The van der Waals surface area contributed by atoms with Crippen molar-refractivity contribution in [1.29, 1.82) is 0 Å². The number of carbonyl (C=O) groups is 1. The van der Waals surface area contributed by atoms with Gasteiger partial charge in [-0.3, -0.25) is 4.79 Å². The van der Waals surface area contributed by atoms with Crippen molar-refractivity contribution in [2.75, 3.05) is 34.8 Å². The van der Waals surface area contributed by atoms with E-state index in [-0.39, 0.29) is 5.75 Å². The second-order valence-electron chi connectivity index (χ2n) is 4.61. The highest BCUT2D eigenvalue weighted by Crippen LogP contribution is 2.17.